The van der Waals surface area contributed by atoms with Crippen molar-refractivity contribution in [2.45, 2.75) is 10.3 Å². The van der Waals surface area contributed by atoms with E-state index >= 15 is 0 Å². The molecular weight excluding hydrogens is 310 g/mol. The van der Waals surface area contributed by atoms with E-state index in [9.17, 15) is 9.59 Å². The van der Waals surface area contributed by atoms with Crippen LogP contribution in [0.2, 0.25) is 0 Å². The van der Waals surface area contributed by atoms with Crippen LogP contribution in [0.1, 0.15) is 0 Å². The number of nitrogens with zero attached hydrogens (tertiary/aromatic N) is 4. The van der Waals surface area contributed by atoms with E-state index < -0.39 is 11.1 Å². The second kappa shape index (κ2) is 4.80. The number of aryl methyl sites for hydroxylation is 1. The van der Waals surface area contributed by atoms with Crippen LogP contribution in [0, 0.1) is 0 Å². The molecule has 2 heterocycles. The summed E-state index contributed by atoms with van der Waals surface area (Å²) in [5.74, 6) is 0. The summed E-state index contributed by atoms with van der Waals surface area (Å²) in [6, 6.07) is 0. The zero-order valence-corrected chi connectivity index (χ0v) is 10.9. The Hall–Kier alpha value is -1.48. The fourth-order valence-corrected chi connectivity index (χ4v) is 1.88. The Labute approximate surface area is 107 Å². The fraction of sp³-hybridized carbons (Fsp3) is 0.125. The van der Waals surface area contributed by atoms with Crippen molar-refractivity contribution in [2.24, 2.45) is 7.05 Å². The first kappa shape index (κ1) is 12.0. The number of nitrogens with one attached hydrogen (secondary N) is 1. The van der Waals surface area contributed by atoms with Crippen LogP contribution in [0.25, 0.3) is 0 Å². The maximum absolute atomic E-state index is 11.1. The first-order chi connectivity index (χ1) is 8.06. The van der Waals surface area contributed by atoms with E-state index in [0.717, 1.165) is 16.2 Å². The van der Waals surface area contributed by atoms with Gasteiger partial charge in [-0.25, -0.2) is 9.97 Å². The quantitative estimate of drug-likeness (QED) is 0.627. The Morgan fingerprint density at radius 3 is 2.65 bits per heavy atom. The summed E-state index contributed by atoms with van der Waals surface area (Å²) in [6.07, 6.45) is 3.16. The van der Waals surface area contributed by atoms with Gasteiger partial charge in [0.05, 0.1) is 4.47 Å². The van der Waals surface area contributed by atoms with Crippen molar-refractivity contribution < 1.29 is 0 Å². The molecular formula is C8H6BrN5O2S. The van der Waals surface area contributed by atoms with Crippen LogP contribution in [0.3, 0.4) is 0 Å². The summed E-state index contributed by atoms with van der Waals surface area (Å²) in [7, 11) is 1.58. The lowest BCUT2D eigenvalue weighted by atomic mass is 10.7. The normalized spacial score (nSPS) is 10.5. The average molecular weight is 316 g/mol. The van der Waals surface area contributed by atoms with Gasteiger partial charge >= 0.3 is 11.1 Å². The lowest BCUT2D eigenvalue weighted by molar-refractivity contribution is 0.595. The molecule has 0 bridgehead atoms. The highest BCUT2D eigenvalue weighted by molar-refractivity contribution is 9.10. The summed E-state index contributed by atoms with van der Waals surface area (Å²) >= 11 is 4.30. The predicted molar refractivity (Wildman–Crippen MR) is 64.0 cm³/mol. The smallest absolute Gasteiger partial charge is 0.265 e. The number of halogens is 1. The molecule has 17 heavy (non-hydrogen) atoms. The van der Waals surface area contributed by atoms with Crippen molar-refractivity contribution in [3.05, 3.63) is 37.6 Å². The molecule has 0 saturated carbocycles. The van der Waals surface area contributed by atoms with Gasteiger partial charge in [0.25, 0.3) is 0 Å². The Morgan fingerprint density at radius 1 is 1.35 bits per heavy atom. The van der Waals surface area contributed by atoms with Gasteiger partial charge in [0, 0.05) is 19.4 Å². The summed E-state index contributed by atoms with van der Waals surface area (Å²) in [6.45, 7) is 0. The molecule has 0 amide bonds. The number of H-pyrrole nitrogens is 1. The molecule has 0 aliphatic carbocycles. The van der Waals surface area contributed by atoms with E-state index in [2.05, 4.69) is 36.0 Å². The maximum atomic E-state index is 11.1. The average Bonchev–Trinajstić information content (AvgIpc) is 2.29. The van der Waals surface area contributed by atoms with Crippen LogP contribution in [-0.4, -0.2) is 24.7 Å². The second-order valence-corrected chi connectivity index (χ2v) is 4.84. The molecule has 0 aliphatic heterocycles. The molecule has 9 heteroatoms. The van der Waals surface area contributed by atoms with Gasteiger partial charge in [0.2, 0.25) is 0 Å². The molecule has 2 rings (SSSR count). The Balaban J connectivity index is 2.36. The first-order valence-corrected chi connectivity index (χ1v) is 6.00. The fourth-order valence-electron chi connectivity index (χ4n) is 0.987. The van der Waals surface area contributed by atoms with Crippen LogP contribution in [0.4, 0.5) is 0 Å². The SMILES string of the molecule is Cn1[nH]c(=O)c(=O)nc1Sc1ncc(Br)cn1. The molecule has 2 aromatic rings. The van der Waals surface area contributed by atoms with E-state index in [1.54, 1.807) is 19.4 Å². The van der Waals surface area contributed by atoms with Crippen molar-refractivity contribution >= 4 is 27.7 Å². The van der Waals surface area contributed by atoms with E-state index in [0.29, 0.717) is 10.3 Å². The van der Waals surface area contributed by atoms with Crippen molar-refractivity contribution in [3.8, 4) is 0 Å². The Kier molecular flexibility index (Phi) is 3.38. The Bertz CT molecular complexity index is 650. The third-order valence-corrected chi connectivity index (χ3v) is 3.08. The molecule has 1 N–H and O–H groups in total. The monoisotopic (exact) mass is 315 g/mol. The molecule has 0 radical (unpaired) electrons. The topological polar surface area (TPSA) is 93.5 Å². The van der Waals surface area contributed by atoms with E-state index in [-0.39, 0.29) is 0 Å². The van der Waals surface area contributed by atoms with Gasteiger partial charge < -0.3 is 0 Å². The lowest BCUT2D eigenvalue weighted by Gasteiger charge is -2.03. The standard InChI is InChI=1S/C8H6BrN5O2S/c1-14-8(12-5(15)6(16)13-14)17-7-10-2-4(9)3-11-7/h2-3H,1H3,(H,13,16). The van der Waals surface area contributed by atoms with Gasteiger partial charge in [-0.15, -0.1) is 0 Å². The van der Waals surface area contributed by atoms with E-state index in [1.807, 2.05) is 0 Å². The van der Waals surface area contributed by atoms with Crippen molar-refractivity contribution in [1.82, 2.24) is 24.7 Å². The molecule has 0 aliphatic rings. The molecule has 88 valence electrons. The summed E-state index contributed by atoms with van der Waals surface area (Å²) in [5, 5.41) is 3.09. The number of rotatable bonds is 2. The molecule has 0 fully saturated rings. The van der Waals surface area contributed by atoms with Gasteiger partial charge in [0.1, 0.15) is 0 Å². The van der Waals surface area contributed by atoms with Crippen molar-refractivity contribution in [3.63, 3.8) is 0 Å². The minimum absolute atomic E-state index is 0.317. The highest BCUT2D eigenvalue weighted by Crippen LogP contribution is 2.20. The van der Waals surface area contributed by atoms with Crippen LogP contribution in [-0.2, 0) is 7.05 Å². The van der Waals surface area contributed by atoms with Crippen molar-refractivity contribution in [2.75, 3.05) is 0 Å². The molecule has 0 saturated heterocycles. The lowest BCUT2D eigenvalue weighted by Crippen LogP contribution is -2.33. The van der Waals surface area contributed by atoms with Gasteiger partial charge in [0.15, 0.2) is 10.3 Å². The molecule has 0 unspecified atom stereocenters. The van der Waals surface area contributed by atoms with Gasteiger partial charge in [-0.2, -0.15) is 4.98 Å². The zero-order chi connectivity index (χ0) is 12.4. The van der Waals surface area contributed by atoms with Crippen LogP contribution >= 0.6 is 27.7 Å². The maximum Gasteiger partial charge on any atom is 0.339 e. The highest BCUT2D eigenvalue weighted by Gasteiger charge is 2.07. The number of hydrogen-bond acceptors (Lipinski definition) is 6. The molecule has 2 aromatic heterocycles. The third-order valence-electron chi connectivity index (χ3n) is 1.73. The first-order valence-electron chi connectivity index (χ1n) is 4.39. The van der Waals surface area contributed by atoms with Gasteiger partial charge in [-0.3, -0.25) is 19.4 Å². The molecule has 7 nitrogen and oxygen atoms in total. The highest BCUT2D eigenvalue weighted by atomic mass is 79.9. The number of aromatic nitrogens is 5. The zero-order valence-electron chi connectivity index (χ0n) is 8.55. The third kappa shape index (κ3) is 2.80. The largest absolute Gasteiger partial charge is 0.339 e. The molecule has 0 spiro atoms. The Morgan fingerprint density at radius 2 is 2.00 bits per heavy atom. The minimum atomic E-state index is -0.831. The summed E-state index contributed by atoms with van der Waals surface area (Å²) in [4.78, 5) is 33.8. The van der Waals surface area contributed by atoms with Crippen molar-refractivity contribution in [1.29, 1.82) is 0 Å². The number of hydrogen-bond donors (Lipinski definition) is 1. The summed E-state index contributed by atoms with van der Waals surface area (Å²) < 4.78 is 2.10. The van der Waals surface area contributed by atoms with Crippen LogP contribution in [0.15, 0.2) is 36.8 Å². The predicted octanol–water partition coefficient (Wildman–Crippen LogP) is 0.172. The summed E-state index contributed by atoms with van der Waals surface area (Å²) in [5.41, 5.74) is -1.59. The second-order valence-electron chi connectivity index (χ2n) is 2.99. The van der Waals surface area contributed by atoms with Crippen LogP contribution in [0.5, 0.6) is 0 Å². The van der Waals surface area contributed by atoms with E-state index in [1.165, 1.54) is 4.68 Å². The molecule has 0 aromatic carbocycles. The van der Waals surface area contributed by atoms with Gasteiger partial charge in [-0.1, -0.05) is 0 Å². The molecule has 0 atom stereocenters. The minimum Gasteiger partial charge on any atom is -0.265 e. The van der Waals surface area contributed by atoms with E-state index in [4.69, 9.17) is 0 Å². The van der Waals surface area contributed by atoms with Gasteiger partial charge in [-0.05, 0) is 27.7 Å². The van der Waals surface area contributed by atoms with Crippen LogP contribution < -0.4 is 11.1 Å². The number of aromatic amines is 1.